The van der Waals surface area contributed by atoms with Gasteiger partial charge in [-0.1, -0.05) is 29.3 Å². The quantitative estimate of drug-likeness (QED) is 0.476. The summed E-state index contributed by atoms with van der Waals surface area (Å²) in [5, 5.41) is 0.513. The molecule has 10 nitrogen and oxygen atoms in total. The lowest BCUT2D eigenvalue weighted by Gasteiger charge is -2.35. The Bertz CT molecular complexity index is 1380. The molecular formula is C23H23Cl2N5O5S. The van der Waals surface area contributed by atoms with E-state index in [0.29, 0.717) is 10.7 Å². The van der Waals surface area contributed by atoms with E-state index in [1.54, 1.807) is 25.1 Å². The van der Waals surface area contributed by atoms with Gasteiger partial charge in [0.15, 0.2) is 6.10 Å². The zero-order chi connectivity index (χ0) is 25.9. The van der Waals surface area contributed by atoms with Crippen molar-refractivity contribution in [2.24, 2.45) is 0 Å². The molecule has 2 heterocycles. The summed E-state index contributed by atoms with van der Waals surface area (Å²) in [4.78, 5) is 36.2. The summed E-state index contributed by atoms with van der Waals surface area (Å²) in [5.41, 5.74) is 0.517. The number of hydrogen-bond acceptors (Lipinski definition) is 7. The normalized spacial score (nSPS) is 14.9. The van der Waals surface area contributed by atoms with E-state index in [4.69, 9.17) is 27.9 Å². The number of ether oxygens (including phenoxy) is 1. The van der Waals surface area contributed by atoms with E-state index in [9.17, 15) is 18.0 Å². The minimum Gasteiger partial charge on any atom is -0.479 e. The van der Waals surface area contributed by atoms with Gasteiger partial charge in [-0.2, -0.15) is 0 Å². The van der Waals surface area contributed by atoms with Gasteiger partial charge in [0.05, 0.1) is 9.92 Å². The Morgan fingerprint density at radius 2 is 1.89 bits per heavy atom. The molecule has 36 heavy (non-hydrogen) atoms. The second-order valence-electron chi connectivity index (χ2n) is 7.81. The van der Waals surface area contributed by atoms with Gasteiger partial charge in [0.2, 0.25) is 5.91 Å². The van der Waals surface area contributed by atoms with Crippen LogP contribution in [0.3, 0.4) is 0 Å². The molecule has 1 aliphatic rings. The lowest BCUT2D eigenvalue weighted by Crippen LogP contribution is -2.54. The van der Waals surface area contributed by atoms with Crippen molar-refractivity contribution >= 4 is 56.5 Å². The zero-order valence-corrected chi connectivity index (χ0v) is 21.3. The summed E-state index contributed by atoms with van der Waals surface area (Å²) in [7, 11) is -3.86. The molecule has 1 unspecified atom stereocenters. The van der Waals surface area contributed by atoms with Crippen LogP contribution in [-0.4, -0.2) is 60.8 Å². The second kappa shape index (κ2) is 10.7. The fourth-order valence-electron chi connectivity index (χ4n) is 3.56. The highest BCUT2D eigenvalue weighted by Crippen LogP contribution is 2.32. The van der Waals surface area contributed by atoms with E-state index >= 15 is 0 Å². The molecule has 1 aromatic heterocycles. The first-order valence-electron chi connectivity index (χ1n) is 10.7. The number of hydrogen-bond donors (Lipinski definition) is 1. The van der Waals surface area contributed by atoms with Crippen LogP contribution in [0.25, 0.3) is 0 Å². The molecule has 1 saturated heterocycles. The zero-order valence-electron chi connectivity index (χ0n) is 19.0. The van der Waals surface area contributed by atoms with E-state index in [1.807, 2.05) is 0 Å². The summed E-state index contributed by atoms with van der Waals surface area (Å²) in [6.45, 7) is 1.94. The van der Waals surface area contributed by atoms with Gasteiger partial charge in [-0.05, 0) is 49.4 Å². The van der Waals surface area contributed by atoms with Crippen molar-refractivity contribution in [3.8, 4) is 5.75 Å². The number of carbonyl (C=O) groups excluding carboxylic acids is 2. The summed E-state index contributed by atoms with van der Waals surface area (Å²) in [6, 6.07) is 12.2. The topological polar surface area (TPSA) is 122 Å². The lowest BCUT2D eigenvalue weighted by atomic mass is 10.2. The molecule has 190 valence electrons. The van der Waals surface area contributed by atoms with Crippen molar-refractivity contribution < 1.29 is 24.2 Å². The van der Waals surface area contributed by atoms with Gasteiger partial charge in [0, 0.05) is 26.4 Å². The molecule has 0 radical (unpaired) electrons. The molecule has 0 spiro atoms. The number of nitrogens with zero attached hydrogens (tertiary/aromatic N) is 4. The van der Waals surface area contributed by atoms with E-state index in [1.165, 1.54) is 52.7 Å². The highest BCUT2D eigenvalue weighted by molar-refractivity contribution is 7.92. The average Bonchev–Trinajstić information content (AvgIpc) is 2.86. The maximum absolute atomic E-state index is 12.9. The Kier molecular flexibility index (Phi) is 7.62. The fraction of sp³-hybridized carbons (Fsp3) is 0.217. The van der Waals surface area contributed by atoms with Crippen molar-refractivity contribution in [3.63, 3.8) is 0 Å². The van der Waals surface area contributed by atoms with Gasteiger partial charge in [0.25, 0.3) is 15.9 Å². The third-order valence-electron chi connectivity index (χ3n) is 5.38. The molecule has 2 amide bonds. The fourth-order valence-corrected chi connectivity index (χ4v) is 4.90. The third kappa shape index (κ3) is 5.69. The largest absolute Gasteiger partial charge is 0.479 e. The van der Waals surface area contributed by atoms with Crippen LogP contribution in [0.1, 0.15) is 8.35 Å². The number of rotatable bonds is 7. The number of sulfonamides is 1. The van der Waals surface area contributed by atoms with Gasteiger partial charge in [-0.3, -0.25) is 14.3 Å². The monoisotopic (exact) mass is 551 g/mol. The molecule has 1 atom stereocenters. The van der Waals surface area contributed by atoms with Crippen LogP contribution in [0.2, 0.25) is 10.0 Å². The second-order valence-corrected chi connectivity index (χ2v) is 10.3. The average molecular weight is 552 g/mol. The molecule has 2 aromatic carbocycles. The number of benzene rings is 2. The van der Waals surface area contributed by atoms with E-state index in [2.05, 4.69) is 14.7 Å². The molecular weight excluding hydrogens is 529 g/mol. The molecule has 1 aliphatic heterocycles. The predicted octanol–water partition coefficient (Wildman–Crippen LogP) is 3.47. The molecule has 4 rings (SSSR count). The van der Waals surface area contributed by atoms with Crippen molar-refractivity contribution in [2.75, 3.05) is 29.3 Å². The SMILES string of the molecule is CC(Oc1cccc(Cl)c1Cl)C(=O)N1CCN(c2ccc(S(=O)(=O)Nc3ccncn3)cc2)C(=O)C1.[HH]. The number of piperazine rings is 1. The molecule has 1 fully saturated rings. The van der Waals surface area contributed by atoms with Gasteiger partial charge in [-0.15, -0.1) is 0 Å². The first-order chi connectivity index (χ1) is 17.2. The molecule has 3 aromatic rings. The Hall–Kier alpha value is -3.41. The number of halogens is 2. The van der Waals surface area contributed by atoms with Crippen LogP contribution in [-0.2, 0) is 19.6 Å². The van der Waals surface area contributed by atoms with Gasteiger partial charge in [0.1, 0.15) is 29.5 Å². The van der Waals surface area contributed by atoms with Crippen LogP contribution in [0, 0.1) is 0 Å². The van der Waals surface area contributed by atoms with Gasteiger partial charge < -0.3 is 14.5 Å². The predicted molar refractivity (Wildman–Crippen MR) is 137 cm³/mol. The van der Waals surface area contributed by atoms with Crippen LogP contribution in [0.15, 0.2) is 66.0 Å². The summed E-state index contributed by atoms with van der Waals surface area (Å²) < 4.78 is 33.2. The molecule has 13 heteroatoms. The molecule has 0 saturated carbocycles. The molecule has 0 aliphatic carbocycles. The number of nitrogens with one attached hydrogen (secondary N) is 1. The smallest absolute Gasteiger partial charge is 0.263 e. The Labute approximate surface area is 219 Å². The maximum atomic E-state index is 12.9. The van der Waals surface area contributed by atoms with Crippen molar-refractivity contribution in [1.29, 1.82) is 0 Å². The minimum atomic E-state index is -3.86. The van der Waals surface area contributed by atoms with Crippen LogP contribution >= 0.6 is 23.2 Å². The first kappa shape index (κ1) is 25.7. The van der Waals surface area contributed by atoms with E-state index < -0.39 is 16.1 Å². The summed E-state index contributed by atoms with van der Waals surface area (Å²) in [5.74, 6) is -0.256. The van der Waals surface area contributed by atoms with E-state index in [-0.39, 0.29) is 54.4 Å². The third-order valence-corrected chi connectivity index (χ3v) is 7.55. The minimum absolute atomic E-state index is 0. The Morgan fingerprint density at radius 3 is 2.56 bits per heavy atom. The Balaban J connectivity index is 0.00000380. The van der Waals surface area contributed by atoms with Crippen molar-refractivity contribution in [1.82, 2.24) is 14.9 Å². The van der Waals surface area contributed by atoms with Gasteiger partial charge >= 0.3 is 0 Å². The van der Waals surface area contributed by atoms with Crippen LogP contribution in [0.4, 0.5) is 11.5 Å². The molecule has 1 N–H and O–H groups in total. The highest BCUT2D eigenvalue weighted by atomic mass is 35.5. The first-order valence-corrected chi connectivity index (χ1v) is 13.0. The number of aromatic nitrogens is 2. The highest BCUT2D eigenvalue weighted by Gasteiger charge is 2.31. The van der Waals surface area contributed by atoms with Crippen molar-refractivity contribution in [2.45, 2.75) is 17.9 Å². The standard InChI is InChI=1S/C23H21Cl2N5O5S.H2/c1-15(35-19-4-2-3-18(24)22(19)25)23(32)29-11-12-30(21(31)13-29)16-5-7-17(8-6-16)36(33,34)28-20-9-10-26-14-27-20;/h2-10,14-15H,11-13H2,1H3,(H,26,27,28);1H. The van der Waals surface area contributed by atoms with Crippen LogP contribution in [0.5, 0.6) is 5.75 Å². The van der Waals surface area contributed by atoms with Gasteiger partial charge in [-0.25, -0.2) is 18.4 Å². The summed E-state index contributed by atoms with van der Waals surface area (Å²) in [6.07, 6.45) is 1.77. The molecule has 0 bridgehead atoms. The summed E-state index contributed by atoms with van der Waals surface area (Å²) >= 11 is 12.1. The number of carbonyl (C=O) groups is 2. The maximum Gasteiger partial charge on any atom is 0.263 e. The van der Waals surface area contributed by atoms with Crippen LogP contribution < -0.4 is 14.4 Å². The number of anilines is 2. The lowest BCUT2D eigenvalue weighted by molar-refractivity contribution is -0.142. The Morgan fingerprint density at radius 1 is 1.14 bits per heavy atom. The van der Waals surface area contributed by atoms with E-state index in [0.717, 1.165) is 0 Å². The number of amides is 2. The van der Waals surface area contributed by atoms with Crippen molar-refractivity contribution in [3.05, 3.63) is 71.1 Å².